The number of ether oxygens (including phenoxy) is 3. The van der Waals surface area contributed by atoms with Crippen LogP contribution in [0.25, 0.3) is 0 Å². The number of esters is 1. The maximum atomic E-state index is 12.6. The summed E-state index contributed by atoms with van der Waals surface area (Å²) in [6.45, 7) is 16.7. The fraction of sp³-hybridized carbons (Fsp3) is 0.830. The van der Waals surface area contributed by atoms with Crippen LogP contribution in [-0.4, -0.2) is 64.7 Å². The quantitative estimate of drug-likeness (QED) is 0.0535. The Bertz CT molecular complexity index is 1420. The number of hydrogen-bond acceptors (Lipinski definition) is 7. The second kappa shape index (κ2) is 23.8. The Kier molecular flexibility index (Phi) is 19.5. The zero-order chi connectivity index (χ0) is 43.3. The van der Waals surface area contributed by atoms with E-state index in [-0.39, 0.29) is 24.1 Å². The lowest BCUT2D eigenvalue weighted by atomic mass is 9.47. The van der Waals surface area contributed by atoms with Gasteiger partial charge in [0.1, 0.15) is 31.0 Å². The first-order chi connectivity index (χ1) is 28.8. The zero-order valence-corrected chi connectivity index (χ0v) is 39.1. The number of aliphatic hydroxyl groups is 3. The SMILES string of the molecule is CCCCCC=CCC=CCCCCCCCC(=O)OCC1OC(OC2CCC3(C)C(=CCC4C3CCC3(C)C(C(C)C=CC(CC)C(C)C)CCC43)C2)C(O)C(O)C1O. The monoisotopic (exact) mass is 837 g/mol. The molecule has 7 nitrogen and oxygen atoms in total. The van der Waals surface area contributed by atoms with Crippen molar-refractivity contribution in [1.82, 2.24) is 0 Å². The van der Waals surface area contributed by atoms with Crippen LogP contribution in [0.15, 0.2) is 48.1 Å². The molecule has 5 rings (SSSR count). The number of carbonyl (C=O) groups is 1. The van der Waals surface area contributed by atoms with Crippen molar-refractivity contribution in [3.05, 3.63) is 48.1 Å². The van der Waals surface area contributed by atoms with Gasteiger partial charge in [0.15, 0.2) is 6.29 Å². The van der Waals surface area contributed by atoms with E-state index in [1.54, 1.807) is 0 Å². The lowest BCUT2D eigenvalue weighted by molar-refractivity contribution is -0.313. The van der Waals surface area contributed by atoms with Gasteiger partial charge in [-0.2, -0.15) is 0 Å². The van der Waals surface area contributed by atoms with Crippen molar-refractivity contribution in [1.29, 1.82) is 0 Å². The first-order valence-electron chi connectivity index (χ1n) is 25.0. The summed E-state index contributed by atoms with van der Waals surface area (Å²) < 4.78 is 18.0. The summed E-state index contributed by atoms with van der Waals surface area (Å²) in [5.74, 6) is 4.58. The van der Waals surface area contributed by atoms with Gasteiger partial charge in [0.2, 0.25) is 0 Å². The fourth-order valence-corrected chi connectivity index (χ4v) is 12.6. The van der Waals surface area contributed by atoms with Crippen molar-refractivity contribution in [3.63, 3.8) is 0 Å². The molecule has 1 saturated heterocycles. The normalized spacial score (nSPS) is 36.7. The van der Waals surface area contributed by atoms with E-state index in [9.17, 15) is 20.1 Å². The number of carbonyl (C=O) groups excluding carboxylic acids is 1. The molecule has 60 heavy (non-hydrogen) atoms. The van der Waals surface area contributed by atoms with Crippen molar-refractivity contribution in [3.8, 4) is 0 Å². The average molecular weight is 837 g/mol. The van der Waals surface area contributed by atoms with Crippen molar-refractivity contribution in [2.75, 3.05) is 6.61 Å². The maximum Gasteiger partial charge on any atom is 0.305 e. The molecule has 0 spiro atoms. The molecule has 5 aliphatic rings. The molecular weight excluding hydrogens is 749 g/mol. The highest BCUT2D eigenvalue weighted by molar-refractivity contribution is 5.69. The smallest absolute Gasteiger partial charge is 0.305 e. The number of fused-ring (bicyclic) bond motifs is 5. The van der Waals surface area contributed by atoms with Crippen LogP contribution < -0.4 is 0 Å². The zero-order valence-electron chi connectivity index (χ0n) is 39.1. The van der Waals surface area contributed by atoms with Crippen LogP contribution in [0.5, 0.6) is 0 Å². The first kappa shape index (κ1) is 49.2. The Labute approximate surface area is 366 Å². The maximum absolute atomic E-state index is 12.6. The van der Waals surface area contributed by atoms with Crippen molar-refractivity contribution < 1.29 is 34.3 Å². The number of rotatable bonds is 23. The molecule has 0 radical (unpaired) electrons. The van der Waals surface area contributed by atoms with Gasteiger partial charge in [-0.3, -0.25) is 4.79 Å². The van der Waals surface area contributed by atoms with E-state index in [0.29, 0.717) is 35.5 Å². The van der Waals surface area contributed by atoms with Crippen LogP contribution in [0.2, 0.25) is 0 Å². The molecule has 14 unspecified atom stereocenters. The van der Waals surface area contributed by atoms with Gasteiger partial charge in [0.05, 0.1) is 6.10 Å². The Morgan fingerprint density at radius 1 is 0.833 bits per heavy atom. The standard InChI is InChI=1S/C53H88O7/c1-8-10-11-12-13-14-15-16-17-18-19-20-21-22-23-24-47(54)58-36-46-48(55)49(56)50(57)51(60-46)59-41-31-33-52(6)40(35-41)27-28-42-44-30-29-43(53(44,7)34-32-45(42)52)38(5)25-26-39(9-2)37(3)4/h13-14,16-17,25-27,37-39,41-46,48-51,55-57H,8-12,15,18-24,28-36H2,1-7H3. The topological polar surface area (TPSA) is 105 Å². The van der Waals surface area contributed by atoms with Gasteiger partial charge in [-0.1, -0.05) is 129 Å². The van der Waals surface area contributed by atoms with Crippen LogP contribution in [0, 0.1) is 52.3 Å². The third-order valence-electron chi connectivity index (χ3n) is 16.5. The fourth-order valence-electron chi connectivity index (χ4n) is 12.6. The van der Waals surface area contributed by atoms with Crippen molar-refractivity contribution in [2.24, 2.45) is 52.3 Å². The molecule has 0 aromatic rings. The predicted molar refractivity (Wildman–Crippen MR) is 244 cm³/mol. The molecule has 3 saturated carbocycles. The van der Waals surface area contributed by atoms with E-state index in [2.05, 4.69) is 91.0 Å². The highest BCUT2D eigenvalue weighted by atomic mass is 16.7. The molecule has 342 valence electrons. The minimum atomic E-state index is -1.45. The summed E-state index contributed by atoms with van der Waals surface area (Å²) >= 11 is 0. The van der Waals surface area contributed by atoms with Crippen LogP contribution in [-0.2, 0) is 19.0 Å². The molecule has 0 bridgehead atoms. The van der Waals surface area contributed by atoms with Gasteiger partial charge >= 0.3 is 5.97 Å². The predicted octanol–water partition coefficient (Wildman–Crippen LogP) is 12.0. The minimum absolute atomic E-state index is 0.153. The molecule has 1 aliphatic heterocycles. The Balaban J connectivity index is 1.03. The summed E-state index contributed by atoms with van der Waals surface area (Å²) in [5.41, 5.74) is 2.04. The molecule has 0 amide bonds. The van der Waals surface area contributed by atoms with Crippen LogP contribution in [0.4, 0.5) is 0 Å². The molecular formula is C53H88O7. The molecule has 0 aromatic heterocycles. The Hall–Kier alpha value is -1.77. The summed E-state index contributed by atoms with van der Waals surface area (Å²) in [6.07, 6.45) is 33.2. The minimum Gasteiger partial charge on any atom is -0.463 e. The summed E-state index contributed by atoms with van der Waals surface area (Å²) in [4.78, 5) is 12.6. The van der Waals surface area contributed by atoms with E-state index < -0.39 is 30.7 Å². The second-order valence-electron chi connectivity index (χ2n) is 20.7. The van der Waals surface area contributed by atoms with E-state index in [0.717, 1.165) is 88.4 Å². The van der Waals surface area contributed by atoms with Gasteiger partial charge in [-0.15, -0.1) is 0 Å². The summed E-state index contributed by atoms with van der Waals surface area (Å²) in [7, 11) is 0. The van der Waals surface area contributed by atoms with Gasteiger partial charge in [-0.25, -0.2) is 0 Å². The number of unbranched alkanes of at least 4 members (excludes halogenated alkanes) is 8. The van der Waals surface area contributed by atoms with Crippen molar-refractivity contribution >= 4 is 5.97 Å². The largest absolute Gasteiger partial charge is 0.463 e. The number of hydrogen-bond donors (Lipinski definition) is 3. The van der Waals surface area contributed by atoms with E-state index in [1.807, 2.05) is 0 Å². The second-order valence-corrected chi connectivity index (χ2v) is 20.7. The third-order valence-corrected chi connectivity index (χ3v) is 16.5. The Morgan fingerprint density at radius 2 is 1.55 bits per heavy atom. The summed E-state index contributed by atoms with van der Waals surface area (Å²) in [6, 6.07) is 0. The van der Waals surface area contributed by atoms with Gasteiger partial charge in [0, 0.05) is 6.42 Å². The van der Waals surface area contributed by atoms with Crippen LogP contribution >= 0.6 is 0 Å². The summed E-state index contributed by atoms with van der Waals surface area (Å²) in [5, 5.41) is 32.5. The molecule has 1 heterocycles. The highest BCUT2D eigenvalue weighted by Gasteiger charge is 2.59. The Morgan fingerprint density at radius 3 is 2.27 bits per heavy atom. The van der Waals surface area contributed by atoms with Crippen LogP contribution in [0.1, 0.15) is 183 Å². The van der Waals surface area contributed by atoms with E-state index in [1.165, 1.54) is 63.4 Å². The number of aliphatic hydroxyl groups excluding tert-OH is 3. The molecule has 14 atom stereocenters. The van der Waals surface area contributed by atoms with Gasteiger partial charge < -0.3 is 29.5 Å². The van der Waals surface area contributed by atoms with Gasteiger partial charge in [-0.05, 0) is 149 Å². The third kappa shape index (κ3) is 12.5. The lowest BCUT2D eigenvalue weighted by Crippen LogP contribution is -2.60. The highest BCUT2D eigenvalue weighted by Crippen LogP contribution is 2.67. The lowest BCUT2D eigenvalue weighted by Gasteiger charge is -2.58. The molecule has 4 aliphatic carbocycles. The number of allylic oxidation sites excluding steroid dienone is 7. The molecule has 7 heteroatoms. The molecule has 4 fully saturated rings. The molecule has 0 aromatic carbocycles. The van der Waals surface area contributed by atoms with Crippen LogP contribution in [0.3, 0.4) is 0 Å². The average Bonchev–Trinajstić information content (AvgIpc) is 3.59. The van der Waals surface area contributed by atoms with Crippen molar-refractivity contribution in [2.45, 2.75) is 220 Å². The van der Waals surface area contributed by atoms with Gasteiger partial charge in [0.25, 0.3) is 0 Å². The molecule has 3 N–H and O–H groups in total. The first-order valence-corrected chi connectivity index (χ1v) is 25.0. The van der Waals surface area contributed by atoms with E-state index >= 15 is 0 Å². The van der Waals surface area contributed by atoms with E-state index in [4.69, 9.17) is 14.2 Å².